The minimum absolute atomic E-state index is 0.468. The molecular formula is C14H16FN5OS2. The monoisotopic (exact) mass is 353 g/mol. The van der Waals surface area contributed by atoms with Gasteiger partial charge in [-0.25, -0.2) is 15.0 Å². The molecule has 2 aromatic heterocycles. The van der Waals surface area contributed by atoms with E-state index in [0.29, 0.717) is 27.7 Å². The van der Waals surface area contributed by atoms with Gasteiger partial charge < -0.3 is 5.32 Å². The molecule has 0 bridgehead atoms. The van der Waals surface area contributed by atoms with Crippen molar-refractivity contribution in [1.82, 2.24) is 19.9 Å². The molecule has 0 spiro atoms. The topological polar surface area (TPSA) is 80.7 Å². The number of thioether (sulfide) groups is 2. The lowest BCUT2D eigenvalue weighted by molar-refractivity contribution is 0.112. The number of hydrogen-bond donors (Lipinski definition) is 1. The van der Waals surface area contributed by atoms with Crippen molar-refractivity contribution in [3.05, 3.63) is 30.0 Å². The lowest BCUT2D eigenvalue weighted by Crippen LogP contribution is -2.07. The molecule has 2 aromatic rings. The smallest absolute Gasteiger partial charge is 0.216 e. The summed E-state index contributed by atoms with van der Waals surface area (Å²) >= 11 is 2.79. The van der Waals surface area contributed by atoms with Gasteiger partial charge in [-0.15, -0.1) is 0 Å². The number of nitrogens with zero attached hydrogens (tertiary/aromatic N) is 4. The van der Waals surface area contributed by atoms with Gasteiger partial charge in [-0.3, -0.25) is 4.79 Å². The summed E-state index contributed by atoms with van der Waals surface area (Å²) < 4.78 is 12.2. The molecule has 2 heterocycles. The van der Waals surface area contributed by atoms with Crippen molar-refractivity contribution >= 4 is 35.6 Å². The Hall–Kier alpha value is -1.74. The van der Waals surface area contributed by atoms with Crippen LogP contribution >= 0.6 is 23.5 Å². The normalized spacial score (nSPS) is 13.0. The lowest BCUT2D eigenvalue weighted by atomic mass is 10.3. The number of hydrogen-bond acceptors (Lipinski definition) is 8. The predicted octanol–water partition coefficient (Wildman–Crippen LogP) is 2.92. The Balaban J connectivity index is 0.000000185. The number of rotatable bonds is 5. The Morgan fingerprint density at radius 3 is 2.43 bits per heavy atom. The average Bonchev–Trinajstić information content (AvgIpc) is 3.39. The number of carbonyl (C=O) groups excluding carboxylic acids is 1. The molecule has 23 heavy (non-hydrogen) atoms. The predicted molar refractivity (Wildman–Crippen MR) is 89.6 cm³/mol. The van der Waals surface area contributed by atoms with Crippen LogP contribution in [0.3, 0.4) is 0 Å². The zero-order chi connectivity index (χ0) is 16.7. The molecule has 1 aliphatic carbocycles. The van der Waals surface area contributed by atoms with Crippen molar-refractivity contribution in [2.45, 2.75) is 29.2 Å². The van der Waals surface area contributed by atoms with Gasteiger partial charge in [0.1, 0.15) is 5.82 Å². The molecule has 0 atom stereocenters. The van der Waals surface area contributed by atoms with E-state index >= 15 is 0 Å². The van der Waals surface area contributed by atoms with Gasteiger partial charge in [0, 0.05) is 24.5 Å². The molecule has 9 heteroatoms. The van der Waals surface area contributed by atoms with E-state index in [1.807, 2.05) is 6.26 Å². The van der Waals surface area contributed by atoms with Gasteiger partial charge in [-0.1, -0.05) is 23.5 Å². The lowest BCUT2D eigenvalue weighted by Gasteiger charge is -2.06. The third-order valence-corrected chi connectivity index (χ3v) is 3.93. The van der Waals surface area contributed by atoms with Crippen LogP contribution in [0, 0.1) is 5.95 Å². The highest BCUT2D eigenvalue weighted by molar-refractivity contribution is 7.98. The van der Waals surface area contributed by atoms with Crippen LogP contribution in [0.5, 0.6) is 0 Å². The van der Waals surface area contributed by atoms with Gasteiger partial charge in [-0.2, -0.15) is 9.37 Å². The summed E-state index contributed by atoms with van der Waals surface area (Å²) in [4.78, 5) is 26.2. The standard InChI is InChI=1S/C9H11N3OS.C5H5FN2S/c1-14-9-10-4-6(5-13)8(12-9)11-7-2-3-7;1-9-5-7-3-2-4(6)8-5/h4-5,7H,2-3H2,1H3,(H,10,11,12);2-3H,1H3. The number of halogens is 1. The van der Waals surface area contributed by atoms with E-state index in [1.54, 1.807) is 12.5 Å². The second kappa shape index (κ2) is 8.78. The van der Waals surface area contributed by atoms with E-state index < -0.39 is 5.95 Å². The molecule has 0 radical (unpaired) electrons. The van der Waals surface area contributed by atoms with Crippen LogP contribution < -0.4 is 5.32 Å². The molecule has 0 saturated heterocycles. The number of anilines is 1. The second-order valence-electron chi connectivity index (χ2n) is 4.56. The van der Waals surface area contributed by atoms with Crippen molar-refractivity contribution in [2.75, 3.05) is 17.8 Å². The fourth-order valence-corrected chi connectivity index (χ4v) is 2.20. The van der Waals surface area contributed by atoms with Crippen LogP contribution in [0.15, 0.2) is 28.8 Å². The summed E-state index contributed by atoms with van der Waals surface area (Å²) in [5, 5.41) is 4.38. The Bertz CT molecular complexity index is 669. The van der Waals surface area contributed by atoms with Gasteiger partial charge in [0.15, 0.2) is 16.6 Å². The van der Waals surface area contributed by atoms with Crippen molar-refractivity contribution in [3.8, 4) is 0 Å². The Morgan fingerprint density at radius 2 is 1.91 bits per heavy atom. The molecule has 0 aliphatic heterocycles. The van der Waals surface area contributed by atoms with Gasteiger partial charge in [-0.05, 0) is 25.4 Å². The average molecular weight is 353 g/mol. The fourth-order valence-electron chi connectivity index (χ4n) is 1.51. The van der Waals surface area contributed by atoms with Crippen LogP contribution in [0.25, 0.3) is 0 Å². The first-order valence-electron chi connectivity index (χ1n) is 6.81. The van der Waals surface area contributed by atoms with Crippen LogP contribution in [0.1, 0.15) is 23.2 Å². The maximum atomic E-state index is 12.2. The summed E-state index contributed by atoms with van der Waals surface area (Å²) in [7, 11) is 0. The van der Waals surface area contributed by atoms with Crippen molar-refractivity contribution < 1.29 is 9.18 Å². The van der Waals surface area contributed by atoms with Crippen LogP contribution in [0.2, 0.25) is 0 Å². The van der Waals surface area contributed by atoms with Gasteiger partial charge in [0.05, 0.1) is 5.56 Å². The first-order valence-corrected chi connectivity index (χ1v) is 9.26. The highest BCUT2D eigenvalue weighted by atomic mass is 32.2. The van der Waals surface area contributed by atoms with Crippen molar-refractivity contribution in [2.24, 2.45) is 0 Å². The molecular weight excluding hydrogens is 337 g/mol. The van der Waals surface area contributed by atoms with Crippen molar-refractivity contribution in [1.29, 1.82) is 0 Å². The third-order valence-electron chi connectivity index (χ3n) is 2.80. The Labute approximate surface area is 142 Å². The zero-order valence-corrected chi connectivity index (χ0v) is 14.3. The molecule has 1 aliphatic rings. The molecule has 0 amide bonds. The molecule has 0 aromatic carbocycles. The Morgan fingerprint density at radius 1 is 1.22 bits per heavy atom. The number of aromatic nitrogens is 4. The van der Waals surface area contributed by atoms with E-state index in [-0.39, 0.29) is 0 Å². The molecule has 1 saturated carbocycles. The minimum Gasteiger partial charge on any atom is -0.367 e. The number of nitrogens with one attached hydrogen (secondary N) is 1. The van der Waals surface area contributed by atoms with Crippen molar-refractivity contribution in [3.63, 3.8) is 0 Å². The maximum absolute atomic E-state index is 12.2. The van der Waals surface area contributed by atoms with Crippen LogP contribution in [-0.4, -0.2) is 44.8 Å². The number of aldehydes is 1. The zero-order valence-electron chi connectivity index (χ0n) is 12.7. The van der Waals surface area contributed by atoms with Crippen LogP contribution in [-0.2, 0) is 0 Å². The molecule has 1 fully saturated rings. The van der Waals surface area contributed by atoms with E-state index in [1.165, 1.54) is 35.8 Å². The molecule has 0 unspecified atom stereocenters. The minimum atomic E-state index is -0.477. The van der Waals surface area contributed by atoms with Gasteiger partial charge in [0.2, 0.25) is 5.95 Å². The molecule has 3 rings (SSSR count). The maximum Gasteiger partial charge on any atom is 0.216 e. The molecule has 6 nitrogen and oxygen atoms in total. The molecule has 122 valence electrons. The Kier molecular flexibility index (Phi) is 6.72. The first-order chi connectivity index (χ1) is 11.2. The fraction of sp³-hybridized carbons (Fsp3) is 0.357. The third kappa shape index (κ3) is 5.76. The quantitative estimate of drug-likeness (QED) is 0.380. The van der Waals surface area contributed by atoms with E-state index in [9.17, 15) is 9.18 Å². The second-order valence-corrected chi connectivity index (χ2v) is 6.11. The van der Waals surface area contributed by atoms with E-state index in [0.717, 1.165) is 19.1 Å². The summed E-state index contributed by atoms with van der Waals surface area (Å²) in [5.41, 5.74) is 0.537. The van der Waals surface area contributed by atoms with Gasteiger partial charge in [0.25, 0.3) is 0 Å². The van der Waals surface area contributed by atoms with E-state index in [2.05, 4.69) is 25.3 Å². The first kappa shape index (κ1) is 17.6. The van der Waals surface area contributed by atoms with Crippen LogP contribution in [0.4, 0.5) is 10.2 Å². The summed E-state index contributed by atoms with van der Waals surface area (Å²) in [6, 6.07) is 1.72. The summed E-state index contributed by atoms with van der Waals surface area (Å²) in [6.45, 7) is 0. The van der Waals surface area contributed by atoms with Gasteiger partial charge >= 0.3 is 0 Å². The highest BCUT2D eigenvalue weighted by Crippen LogP contribution is 2.25. The SMILES string of the molecule is CSc1ncc(C=O)c(NC2CC2)n1.CSc1nccc(F)n1. The summed E-state index contributed by atoms with van der Waals surface area (Å²) in [6.07, 6.45) is 9.79. The molecule has 1 N–H and O–H groups in total. The van der Waals surface area contributed by atoms with E-state index in [4.69, 9.17) is 0 Å². The highest BCUT2D eigenvalue weighted by Gasteiger charge is 2.22. The largest absolute Gasteiger partial charge is 0.367 e. The summed E-state index contributed by atoms with van der Waals surface area (Å²) in [5.74, 6) is 0.191. The number of carbonyl (C=O) groups is 1.